The molecule has 0 aliphatic carbocycles. The number of hydrogen-bond donors (Lipinski definition) is 1. The summed E-state index contributed by atoms with van der Waals surface area (Å²) in [5, 5.41) is 19.5. The normalized spacial score (nSPS) is 21.4. The third-order valence-corrected chi connectivity index (χ3v) is 4.91. The Morgan fingerprint density at radius 3 is 2.87 bits per heavy atom. The highest BCUT2D eigenvalue weighted by Crippen LogP contribution is 2.31. The smallest absolute Gasteiger partial charge is 0.270 e. The maximum absolute atomic E-state index is 12.5. The lowest BCUT2D eigenvalue weighted by Gasteiger charge is -2.36. The molecular formula is C16H17BrN4O2. The number of anilines is 1. The summed E-state index contributed by atoms with van der Waals surface area (Å²) >= 11 is 3.36. The predicted molar refractivity (Wildman–Crippen MR) is 91.4 cm³/mol. The van der Waals surface area contributed by atoms with Gasteiger partial charge in [0.1, 0.15) is 21.8 Å². The fraction of sp³-hybridized carbons (Fsp3) is 0.438. The van der Waals surface area contributed by atoms with E-state index < -0.39 is 0 Å². The van der Waals surface area contributed by atoms with E-state index in [-0.39, 0.29) is 23.1 Å². The Morgan fingerprint density at radius 2 is 2.22 bits per heavy atom. The highest BCUT2D eigenvalue weighted by molar-refractivity contribution is 9.10. The summed E-state index contributed by atoms with van der Waals surface area (Å²) in [5.41, 5.74) is 1.67. The monoisotopic (exact) mass is 376 g/mol. The van der Waals surface area contributed by atoms with Crippen molar-refractivity contribution in [3.63, 3.8) is 0 Å². The van der Waals surface area contributed by atoms with E-state index in [1.165, 1.54) is 4.57 Å². The van der Waals surface area contributed by atoms with Gasteiger partial charge in [-0.25, -0.2) is 4.98 Å². The molecule has 1 saturated heterocycles. The molecule has 3 heterocycles. The van der Waals surface area contributed by atoms with Crippen molar-refractivity contribution in [3.8, 4) is 6.07 Å². The maximum atomic E-state index is 12.5. The summed E-state index contributed by atoms with van der Waals surface area (Å²) < 4.78 is 2.11. The molecule has 2 aromatic rings. The molecule has 1 aliphatic heterocycles. The second-order valence-electron chi connectivity index (χ2n) is 5.98. The van der Waals surface area contributed by atoms with E-state index in [0.29, 0.717) is 40.8 Å². The molecule has 23 heavy (non-hydrogen) atoms. The van der Waals surface area contributed by atoms with Crippen molar-refractivity contribution in [1.82, 2.24) is 9.55 Å². The summed E-state index contributed by atoms with van der Waals surface area (Å²) in [6.45, 7) is 3.15. The molecule has 0 spiro atoms. The van der Waals surface area contributed by atoms with Gasteiger partial charge in [-0.15, -0.1) is 0 Å². The minimum atomic E-state index is -0.353. The highest BCUT2D eigenvalue weighted by Gasteiger charge is 2.29. The third-order valence-electron chi connectivity index (χ3n) is 4.47. The summed E-state index contributed by atoms with van der Waals surface area (Å²) in [6, 6.07) is 5.64. The van der Waals surface area contributed by atoms with Crippen LogP contribution in [0.5, 0.6) is 0 Å². The van der Waals surface area contributed by atoms with Gasteiger partial charge in [-0.3, -0.25) is 4.79 Å². The molecular weight excluding hydrogens is 360 g/mol. The number of aryl methyl sites for hydroxylation is 1. The van der Waals surface area contributed by atoms with Crippen LogP contribution in [0.3, 0.4) is 0 Å². The minimum absolute atomic E-state index is 0.0709. The van der Waals surface area contributed by atoms with Crippen LogP contribution in [0.25, 0.3) is 11.0 Å². The number of pyridine rings is 2. The Labute approximate surface area is 142 Å². The molecule has 0 amide bonds. The second-order valence-corrected chi connectivity index (χ2v) is 6.79. The standard InChI is InChI=1S/C16H17BrN4O2/c1-9-8-21(6-5-12(9)22)15-10(7-18)16(23)20(2)11-3-4-13(17)19-14(11)15/h3-4,9,12,22H,5-6,8H2,1-2H3. The van der Waals surface area contributed by atoms with Crippen LogP contribution in [0, 0.1) is 17.2 Å². The SMILES string of the molecule is CC1CN(c2c(C#N)c(=O)n(C)c3ccc(Br)nc23)CCC1O. The van der Waals surface area contributed by atoms with E-state index in [4.69, 9.17) is 0 Å². The van der Waals surface area contributed by atoms with Crippen LogP contribution in [-0.4, -0.2) is 33.9 Å². The minimum Gasteiger partial charge on any atom is -0.393 e. The zero-order chi connectivity index (χ0) is 16.7. The Bertz CT molecular complexity index is 871. The Hall–Kier alpha value is -1.91. The number of hydrogen-bond acceptors (Lipinski definition) is 5. The average Bonchev–Trinajstić information content (AvgIpc) is 2.53. The quantitative estimate of drug-likeness (QED) is 0.767. The molecule has 7 heteroatoms. The van der Waals surface area contributed by atoms with Crippen molar-refractivity contribution in [1.29, 1.82) is 5.26 Å². The first-order valence-corrected chi connectivity index (χ1v) is 8.25. The van der Waals surface area contributed by atoms with Crippen molar-refractivity contribution in [2.45, 2.75) is 19.4 Å². The van der Waals surface area contributed by atoms with Crippen LogP contribution in [0.15, 0.2) is 21.5 Å². The van der Waals surface area contributed by atoms with Gasteiger partial charge in [-0.1, -0.05) is 6.92 Å². The van der Waals surface area contributed by atoms with E-state index in [9.17, 15) is 15.2 Å². The second kappa shape index (κ2) is 5.95. The molecule has 2 aromatic heterocycles. The van der Waals surface area contributed by atoms with Crippen LogP contribution >= 0.6 is 15.9 Å². The lowest BCUT2D eigenvalue weighted by Crippen LogP contribution is -2.43. The van der Waals surface area contributed by atoms with Crippen molar-refractivity contribution in [2.24, 2.45) is 13.0 Å². The molecule has 2 atom stereocenters. The van der Waals surface area contributed by atoms with Gasteiger partial charge in [0.05, 0.1) is 17.3 Å². The van der Waals surface area contributed by atoms with E-state index in [2.05, 4.69) is 20.9 Å². The molecule has 0 radical (unpaired) electrons. The number of aliphatic hydroxyl groups excluding tert-OH is 1. The molecule has 6 nitrogen and oxygen atoms in total. The molecule has 1 fully saturated rings. The Kier molecular flexibility index (Phi) is 4.13. The number of aromatic nitrogens is 2. The molecule has 0 saturated carbocycles. The lowest BCUT2D eigenvalue weighted by atomic mass is 9.95. The fourth-order valence-electron chi connectivity index (χ4n) is 3.11. The fourth-order valence-corrected chi connectivity index (χ4v) is 3.42. The van der Waals surface area contributed by atoms with Gasteiger partial charge in [0.15, 0.2) is 0 Å². The Morgan fingerprint density at radius 1 is 1.48 bits per heavy atom. The van der Waals surface area contributed by atoms with Crippen molar-refractivity contribution >= 4 is 32.7 Å². The average molecular weight is 377 g/mol. The summed E-state index contributed by atoms with van der Waals surface area (Å²) in [6.07, 6.45) is 0.255. The number of fused-ring (bicyclic) bond motifs is 1. The number of nitriles is 1. The largest absolute Gasteiger partial charge is 0.393 e. The first-order valence-electron chi connectivity index (χ1n) is 7.46. The zero-order valence-corrected chi connectivity index (χ0v) is 14.5. The van der Waals surface area contributed by atoms with Gasteiger partial charge in [-0.05, 0) is 40.4 Å². The van der Waals surface area contributed by atoms with Gasteiger partial charge in [-0.2, -0.15) is 5.26 Å². The van der Waals surface area contributed by atoms with Crippen molar-refractivity contribution in [3.05, 3.63) is 32.7 Å². The van der Waals surface area contributed by atoms with E-state index in [1.54, 1.807) is 13.1 Å². The van der Waals surface area contributed by atoms with Gasteiger partial charge in [0.25, 0.3) is 5.56 Å². The van der Waals surface area contributed by atoms with E-state index >= 15 is 0 Å². The summed E-state index contributed by atoms with van der Waals surface area (Å²) in [4.78, 5) is 19.0. The van der Waals surface area contributed by atoms with Crippen LogP contribution < -0.4 is 10.5 Å². The molecule has 120 valence electrons. The van der Waals surface area contributed by atoms with Crippen molar-refractivity contribution < 1.29 is 5.11 Å². The number of rotatable bonds is 1. The number of nitrogens with zero attached hydrogens (tertiary/aromatic N) is 4. The Balaban J connectivity index is 2.30. The molecule has 1 aliphatic rings. The number of halogens is 1. The number of aliphatic hydroxyl groups is 1. The number of piperidine rings is 1. The van der Waals surface area contributed by atoms with Gasteiger partial charge < -0.3 is 14.6 Å². The van der Waals surface area contributed by atoms with Gasteiger partial charge in [0, 0.05) is 20.1 Å². The molecule has 3 rings (SSSR count). The maximum Gasteiger partial charge on any atom is 0.270 e. The molecule has 0 bridgehead atoms. The highest BCUT2D eigenvalue weighted by atomic mass is 79.9. The molecule has 2 unspecified atom stereocenters. The predicted octanol–water partition coefficient (Wildman–Crippen LogP) is 1.77. The van der Waals surface area contributed by atoms with Crippen LogP contribution in [0.1, 0.15) is 18.9 Å². The van der Waals surface area contributed by atoms with Crippen LogP contribution in [-0.2, 0) is 7.05 Å². The van der Waals surface area contributed by atoms with E-state index in [1.807, 2.05) is 24.0 Å². The lowest BCUT2D eigenvalue weighted by molar-refractivity contribution is 0.0971. The zero-order valence-electron chi connectivity index (χ0n) is 13.0. The van der Waals surface area contributed by atoms with E-state index in [0.717, 1.165) is 0 Å². The molecule has 0 aromatic carbocycles. The summed E-state index contributed by atoms with van der Waals surface area (Å²) in [5.74, 6) is 0.0709. The topological polar surface area (TPSA) is 82.2 Å². The van der Waals surface area contributed by atoms with Crippen molar-refractivity contribution in [2.75, 3.05) is 18.0 Å². The summed E-state index contributed by atoms with van der Waals surface area (Å²) in [7, 11) is 1.65. The first kappa shape index (κ1) is 16.0. The van der Waals surface area contributed by atoms with Crippen LogP contribution in [0.2, 0.25) is 0 Å². The molecule has 1 N–H and O–H groups in total. The van der Waals surface area contributed by atoms with Crippen LogP contribution in [0.4, 0.5) is 5.69 Å². The first-order chi connectivity index (χ1) is 10.9. The third kappa shape index (κ3) is 2.62. The van der Waals surface area contributed by atoms with Gasteiger partial charge in [0.2, 0.25) is 0 Å². The van der Waals surface area contributed by atoms with Gasteiger partial charge >= 0.3 is 0 Å².